The first-order valence-electron chi connectivity index (χ1n) is 10.8. The molecule has 0 aliphatic carbocycles. The highest BCUT2D eigenvalue weighted by Crippen LogP contribution is 2.31. The molecule has 0 saturated carbocycles. The molecule has 5 aromatic rings. The number of nitrogens with zero attached hydrogens (tertiary/aromatic N) is 6. The number of carbonyl (C=O) groups is 1. The van der Waals surface area contributed by atoms with Gasteiger partial charge in [0.25, 0.3) is 6.01 Å². The van der Waals surface area contributed by atoms with Crippen LogP contribution in [0.3, 0.4) is 0 Å². The van der Waals surface area contributed by atoms with Gasteiger partial charge in [-0.1, -0.05) is 54.6 Å². The van der Waals surface area contributed by atoms with E-state index in [2.05, 4.69) is 20.5 Å². The third-order valence-corrected chi connectivity index (χ3v) is 5.63. The van der Waals surface area contributed by atoms with Gasteiger partial charge >= 0.3 is 5.97 Å². The Labute approximate surface area is 195 Å². The van der Waals surface area contributed by atoms with Crippen LogP contribution in [0.15, 0.2) is 66.7 Å². The molecule has 0 aliphatic heterocycles. The summed E-state index contributed by atoms with van der Waals surface area (Å²) in [5.74, 6) is -0.313. The van der Waals surface area contributed by atoms with Crippen LogP contribution in [-0.2, 0) is 13.6 Å². The van der Waals surface area contributed by atoms with Crippen molar-refractivity contribution in [2.75, 3.05) is 6.61 Å². The highest BCUT2D eigenvalue weighted by atomic mass is 16.5. The van der Waals surface area contributed by atoms with E-state index < -0.39 is 5.97 Å². The molecule has 0 aliphatic rings. The number of aryl methyl sites for hydroxylation is 1. The first-order valence-corrected chi connectivity index (χ1v) is 10.8. The summed E-state index contributed by atoms with van der Waals surface area (Å²) in [4.78, 5) is 16.4. The van der Waals surface area contributed by atoms with E-state index in [0.29, 0.717) is 36.0 Å². The van der Waals surface area contributed by atoms with Crippen LogP contribution in [0.4, 0.5) is 0 Å². The highest BCUT2D eigenvalue weighted by molar-refractivity contribution is 6.01. The number of imidazole rings is 1. The number of rotatable bonds is 7. The monoisotopic (exact) mass is 454 g/mol. The van der Waals surface area contributed by atoms with Gasteiger partial charge in [0.15, 0.2) is 5.82 Å². The summed E-state index contributed by atoms with van der Waals surface area (Å²) < 4.78 is 9.19. The molecule has 5 rings (SSSR count). The Morgan fingerprint density at radius 2 is 1.76 bits per heavy atom. The van der Waals surface area contributed by atoms with E-state index in [1.165, 1.54) is 0 Å². The second kappa shape index (κ2) is 8.78. The van der Waals surface area contributed by atoms with Crippen LogP contribution in [0, 0.1) is 0 Å². The Bertz CT molecular complexity index is 1490. The van der Waals surface area contributed by atoms with Crippen molar-refractivity contribution in [1.82, 2.24) is 29.8 Å². The van der Waals surface area contributed by atoms with Crippen LogP contribution >= 0.6 is 0 Å². The fourth-order valence-electron chi connectivity index (χ4n) is 4.08. The number of carboxylic acids is 1. The Balaban J connectivity index is 1.53. The number of benzene rings is 3. The number of aromatic carboxylic acids is 1. The Morgan fingerprint density at radius 3 is 2.44 bits per heavy atom. The standard InChI is InChI=1S/C25H22N6O3/c1-3-34-25-26-21-10-6-9-20(24(32)33)22(21)31(25)15-16-11-13-17(14-12-16)18-7-4-5-8-19(18)23-27-28-29-30(23)2/h4-14H,3,15H2,1-2H3,(H,32,33). The van der Waals surface area contributed by atoms with Gasteiger partial charge in [0.1, 0.15) is 0 Å². The number of fused-ring (bicyclic) bond motifs is 1. The smallest absolute Gasteiger partial charge is 0.337 e. The normalized spacial score (nSPS) is 11.1. The maximum Gasteiger partial charge on any atom is 0.337 e. The van der Waals surface area contributed by atoms with Crippen LogP contribution in [0.25, 0.3) is 33.5 Å². The third kappa shape index (κ3) is 3.77. The van der Waals surface area contributed by atoms with E-state index in [4.69, 9.17) is 4.74 Å². The predicted octanol–water partition coefficient (Wildman–Crippen LogP) is 4.04. The van der Waals surface area contributed by atoms with Gasteiger partial charge in [-0.05, 0) is 46.2 Å². The second-order valence-electron chi connectivity index (χ2n) is 7.76. The molecule has 3 aromatic carbocycles. The van der Waals surface area contributed by atoms with Crippen LogP contribution in [0.2, 0.25) is 0 Å². The van der Waals surface area contributed by atoms with Gasteiger partial charge in [-0.2, -0.15) is 4.98 Å². The van der Waals surface area contributed by atoms with Crippen LogP contribution in [0.1, 0.15) is 22.8 Å². The molecule has 9 nitrogen and oxygen atoms in total. The highest BCUT2D eigenvalue weighted by Gasteiger charge is 2.19. The van der Waals surface area contributed by atoms with E-state index in [1.54, 1.807) is 22.9 Å². The van der Waals surface area contributed by atoms with Crippen LogP contribution < -0.4 is 4.74 Å². The number of carboxylic acid groups (broad SMARTS) is 1. The topological polar surface area (TPSA) is 108 Å². The fraction of sp³-hybridized carbons (Fsp3) is 0.160. The first kappa shape index (κ1) is 21.3. The second-order valence-corrected chi connectivity index (χ2v) is 7.76. The zero-order valence-electron chi connectivity index (χ0n) is 18.7. The summed E-state index contributed by atoms with van der Waals surface area (Å²) in [6.45, 7) is 2.73. The Hall–Kier alpha value is -4.53. The molecule has 0 radical (unpaired) electrons. The van der Waals surface area contributed by atoms with E-state index in [1.807, 2.05) is 67.1 Å². The van der Waals surface area contributed by atoms with Crippen LogP contribution in [0.5, 0.6) is 6.01 Å². The van der Waals surface area contributed by atoms with Gasteiger partial charge in [0.05, 0.1) is 29.7 Å². The molecule has 0 saturated heterocycles. The summed E-state index contributed by atoms with van der Waals surface area (Å²) in [6.07, 6.45) is 0. The van der Waals surface area contributed by atoms with Gasteiger partial charge in [-0.25, -0.2) is 9.48 Å². The minimum absolute atomic E-state index is 0.193. The number of hydrogen-bond donors (Lipinski definition) is 1. The molecule has 0 atom stereocenters. The quantitative estimate of drug-likeness (QED) is 0.395. The molecule has 0 amide bonds. The van der Waals surface area contributed by atoms with Gasteiger partial charge < -0.3 is 9.84 Å². The van der Waals surface area contributed by atoms with Gasteiger partial charge in [-0.3, -0.25) is 4.57 Å². The molecule has 0 fully saturated rings. The van der Waals surface area contributed by atoms with Crippen molar-refractivity contribution in [2.45, 2.75) is 13.5 Å². The Kier molecular flexibility index (Phi) is 5.51. The summed E-state index contributed by atoms with van der Waals surface area (Å²) in [7, 11) is 1.81. The van der Waals surface area contributed by atoms with Gasteiger partial charge in [-0.15, -0.1) is 5.10 Å². The van der Waals surface area contributed by atoms with E-state index in [9.17, 15) is 9.90 Å². The van der Waals surface area contributed by atoms with Crippen molar-refractivity contribution in [1.29, 1.82) is 0 Å². The zero-order chi connectivity index (χ0) is 23.7. The first-order chi connectivity index (χ1) is 16.6. The number of ether oxygens (including phenoxy) is 1. The summed E-state index contributed by atoms with van der Waals surface area (Å²) in [5, 5.41) is 21.6. The molecule has 34 heavy (non-hydrogen) atoms. The lowest BCUT2D eigenvalue weighted by atomic mass is 9.98. The molecular formula is C25H22N6O3. The zero-order valence-corrected chi connectivity index (χ0v) is 18.7. The van der Waals surface area contributed by atoms with Gasteiger partial charge in [0, 0.05) is 12.6 Å². The molecule has 0 bridgehead atoms. The van der Waals surface area contributed by atoms with E-state index in [-0.39, 0.29) is 5.56 Å². The summed E-state index contributed by atoms with van der Waals surface area (Å²) in [5.41, 5.74) is 5.29. The maximum absolute atomic E-state index is 11.8. The van der Waals surface area contributed by atoms with Crippen molar-refractivity contribution in [3.8, 4) is 28.5 Å². The van der Waals surface area contributed by atoms with Gasteiger partial charge in [0.2, 0.25) is 0 Å². The number of tetrazole rings is 1. The molecule has 2 heterocycles. The average Bonchev–Trinajstić information content (AvgIpc) is 3.43. The molecule has 0 spiro atoms. The lowest BCUT2D eigenvalue weighted by Gasteiger charge is -2.12. The van der Waals surface area contributed by atoms with E-state index >= 15 is 0 Å². The average molecular weight is 454 g/mol. The van der Waals surface area contributed by atoms with Crippen molar-refractivity contribution >= 4 is 17.0 Å². The molecule has 2 aromatic heterocycles. The minimum atomic E-state index is -1.000. The molecule has 1 N–H and O–H groups in total. The maximum atomic E-state index is 11.8. The SMILES string of the molecule is CCOc1nc2cccc(C(=O)O)c2n1Cc1ccc(-c2ccccc2-c2nnnn2C)cc1. The molecule has 170 valence electrons. The van der Waals surface area contributed by atoms with E-state index in [0.717, 1.165) is 22.3 Å². The lowest BCUT2D eigenvalue weighted by Crippen LogP contribution is -2.08. The molecule has 0 unspecified atom stereocenters. The number of hydrogen-bond acceptors (Lipinski definition) is 6. The van der Waals surface area contributed by atoms with Crippen molar-refractivity contribution < 1.29 is 14.6 Å². The summed E-state index contributed by atoms with van der Waals surface area (Å²) in [6, 6.07) is 21.6. The van der Waals surface area contributed by atoms with Crippen molar-refractivity contribution in [2.24, 2.45) is 7.05 Å². The Morgan fingerprint density at radius 1 is 1.00 bits per heavy atom. The number of para-hydroxylation sites is 1. The molecule has 9 heteroatoms. The third-order valence-electron chi connectivity index (χ3n) is 5.63. The lowest BCUT2D eigenvalue weighted by molar-refractivity contribution is 0.0698. The summed E-state index contributed by atoms with van der Waals surface area (Å²) >= 11 is 0. The minimum Gasteiger partial charge on any atom is -0.478 e. The fourth-order valence-corrected chi connectivity index (χ4v) is 4.08. The van der Waals surface area contributed by atoms with Crippen LogP contribution in [-0.4, -0.2) is 47.4 Å². The number of aromatic nitrogens is 6. The van der Waals surface area contributed by atoms with Crippen molar-refractivity contribution in [3.05, 3.63) is 77.9 Å². The predicted molar refractivity (Wildman–Crippen MR) is 127 cm³/mol. The van der Waals surface area contributed by atoms with Crippen molar-refractivity contribution in [3.63, 3.8) is 0 Å². The molecular weight excluding hydrogens is 432 g/mol. The largest absolute Gasteiger partial charge is 0.478 e.